The van der Waals surface area contributed by atoms with Crippen LogP contribution in [0.15, 0.2) is 28.8 Å². The van der Waals surface area contributed by atoms with Gasteiger partial charge >= 0.3 is 0 Å². The fourth-order valence-corrected chi connectivity index (χ4v) is 1.78. The van der Waals surface area contributed by atoms with E-state index in [0.29, 0.717) is 23.7 Å². The first-order valence-electron chi connectivity index (χ1n) is 6.43. The second-order valence-electron chi connectivity index (χ2n) is 4.73. The van der Waals surface area contributed by atoms with Crippen molar-refractivity contribution in [2.45, 2.75) is 32.7 Å². The van der Waals surface area contributed by atoms with Crippen LogP contribution in [0.3, 0.4) is 0 Å². The summed E-state index contributed by atoms with van der Waals surface area (Å²) in [6, 6.07) is 6.29. The summed E-state index contributed by atoms with van der Waals surface area (Å²) in [4.78, 5) is 4.25. The van der Waals surface area contributed by atoms with Crippen LogP contribution in [0.25, 0.3) is 0 Å². The van der Waals surface area contributed by atoms with Crippen LogP contribution in [-0.4, -0.2) is 10.1 Å². The molecular formula is C14H18FN3O. The van der Waals surface area contributed by atoms with Crippen LogP contribution in [0, 0.1) is 11.7 Å². The van der Waals surface area contributed by atoms with Crippen molar-refractivity contribution in [2.75, 3.05) is 0 Å². The normalized spacial score (nSPS) is 14.3. The Balaban J connectivity index is 2.12. The van der Waals surface area contributed by atoms with Gasteiger partial charge in [0.2, 0.25) is 5.89 Å². The molecule has 0 bridgehead atoms. The highest BCUT2D eigenvalue weighted by Gasteiger charge is 2.20. The Morgan fingerprint density at radius 2 is 2.11 bits per heavy atom. The van der Waals surface area contributed by atoms with E-state index in [1.807, 2.05) is 6.92 Å². The van der Waals surface area contributed by atoms with Gasteiger partial charge in [-0.1, -0.05) is 43.6 Å². The number of hydrogen-bond acceptors (Lipinski definition) is 4. The topological polar surface area (TPSA) is 64.9 Å². The lowest BCUT2D eigenvalue weighted by molar-refractivity contribution is 0.310. The van der Waals surface area contributed by atoms with E-state index in [2.05, 4.69) is 17.1 Å². The summed E-state index contributed by atoms with van der Waals surface area (Å²) < 4.78 is 18.7. The van der Waals surface area contributed by atoms with Gasteiger partial charge in [-0.05, 0) is 17.5 Å². The summed E-state index contributed by atoms with van der Waals surface area (Å²) in [6.45, 7) is 4.09. The third kappa shape index (κ3) is 3.17. The molecule has 0 amide bonds. The molecule has 0 aliphatic rings. The van der Waals surface area contributed by atoms with E-state index in [4.69, 9.17) is 10.3 Å². The quantitative estimate of drug-likeness (QED) is 0.900. The van der Waals surface area contributed by atoms with Crippen molar-refractivity contribution in [2.24, 2.45) is 11.7 Å². The first-order chi connectivity index (χ1) is 9.11. The highest BCUT2D eigenvalue weighted by molar-refractivity contribution is 5.20. The number of rotatable bonds is 5. The Kier molecular flexibility index (Phi) is 4.27. The lowest BCUT2D eigenvalue weighted by Gasteiger charge is -2.12. The molecule has 0 unspecified atom stereocenters. The van der Waals surface area contributed by atoms with Crippen molar-refractivity contribution in [1.82, 2.24) is 10.1 Å². The lowest BCUT2D eigenvalue weighted by Crippen LogP contribution is -2.18. The van der Waals surface area contributed by atoms with E-state index >= 15 is 0 Å². The van der Waals surface area contributed by atoms with E-state index in [9.17, 15) is 4.39 Å². The van der Waals surface area contributed by atoms with Gasteiger partial charge < -0.3 is 10.3 Å². The number of nitrogens with two attached hydrogens (primary N) is 1. The van der Waals surface area contributed by atoms with E-state index in [0.717, 1.165) is 6.42 Å². The molecule has 1 aromatic carbocycles. The second kappa shape index (κ2) is 5.93. The Hall–Kier alpha value is -1.75. The standard InChI is InChI=1S/C14H18FN3O/c1-3-9(2)13(16)14-17-12(18-19-14)8-10-6-4-5-7-11(10)15/h4-7,9,13H,3,8,16H2,1-2H3/t9-,13-/m0/s1. The Morgan fingerprint density at radius 3 is 2.79 bits per heavy atom. The van der Waals surface area contributed by atoms with Crippen LogP contribution < -0.4 is 5.73 Å². The maximum absolute atomic E-state index is 13.5. The highest BCUT2D eigenvalue weighted by Crippen LogP contribution is 2.20. The molecule has 1 heterocycles. The van der Waals surface area contributed by atoms with Crippen molar-refractivity contribution in [3.05, 3.63) is 47.4 Å². The third-order valence-electron chi connectivity index (χ3n) is 3.33. The fraction of sp³-hybridized carbons (Fsp3) is 0.429. The predicted molar refractivity (Wildman–Crippen MR) is 69.9 cm³/mol. The van der Waals surface area contributed by atoms with Crippen molar-refractivity contribution >= 4 is 0 Å². The number of halogens is 1. The summed E-state index contributed by atoms with van der Waals surface area (Å²) >= 11 is 0. The van der Waals surface area contributed by atoms with Crippen LogP contribution >= 0.6 is 0 Å². The molecule has 0 fully saturated rings. The van der Waals surface area contributed by atoms with Crippen molar-refractivity contribution < 1.29 is 8.91 Å². The van der Waals surface area contributed by atoms with Crippen molar-refractivity contribution in [1.29, 1.82) is 0 Å². The number of aromatic nitrogens is 2. The average molecular weight is 263 g/mol. The van der Waals surface area contributed by atoms with E-state index in [1.165, 1.54) is 6.07 Å². The van der Waals surface area contributed by atoms with Gasteiger partial charge in [-0.25, -0.2) is 4.39 Å². The minimum atomic E-state index is -0.271. The molecule has 0 spiro atoms. The molecular weight excluding hydrogens is 245 g/mol. The molecule has 2 rings (SSSR count). The van der Waals surface area contributed by atoms with Gasteiger partial charge in [-0.2, -0.15) is 4.98 Å². The first-order valence-corrected chi connectivity index (χ1v) is 6.43. The third-order valence-corrected chi connectivity index (χ3v) is 3.33. The Bertz CT molecular complexity index is 541. The summed E-state index contributed by atoms with van der Waals surface area (Å²) in [5, 5.41) is 3.86. The van der Waals surface area contributed by atoms with Crippen LogP contribution in [0.4, 0.5) is 4.39 Å². The van der Waals surface area contributed by atoms with Gasteiger partial charge in [-0.15, -0.1) is 0 Å². The minimum absolute atomic E-state index is 0.264. The molecule has 102 valence electrons. The van der Waals surface area contributed by atoms with Gasteiger partial charge in [0.05, 0.1) is 6.04 Å². The van der Waals surface area contributed by atoms with Gasteiger partial charge in [0.1, 0.15) is 5.82 Å². The number of hydrogen-bond donors (Lipinski definition) is 1. The second-order valence-corrected chi connectivity index (χ2v) is 4.73. The minimum Gasteiger partial charge on any atom is -0.338 e. The Labute approximate surface area is 111 Å². The van der Waals surface area contributed by atoms with Crippen LogP contribution in [0.1, 0.15) is 43.6 Å². The molecule has 1 aromatic heterocycles. The molecule has 19 heavy (non-hydrogen) atoms. The van der Waals surface area contributed by atoms with Crippen LogP contribution in [0.2, 0.25) is 0 Å². The van der Waals surface area contributed by atoms with Crippen molar-refractivity contribution in [3.63, 3.8) is 0 Å². The van der Waals surface area contributed by atoms with E-state index in [1.54, 1.807) is 18.2 Å². The molecule has 5 heteroatoms. The molecule has 0 saturated carbocycles. The van der Waals surface area contributed by atoms with Crippen molar-refractivity contribution in [3.8, 4) is 0 Å². The molecule has 4 nitrogen and oxygen atoms in total. The van der Waals surface area contributed by atoms with Crippen LogP contribution in [-0.2, 0) is 6.42 Å². The maximum atomic E-state index is 13.5. The largest absolute Gasteiger partial charge is 0.338 e. The molecule has 2 N–H and O–H groups in total. The van der Waals surface area contributed by atoms with Gasteiger partial charge in [0.15, 0.2) is 5.82 Å². The molecule has 0 saturated heterocycles. The lowest BCUT2D eigenvalue weighted by atomic mass is 10.0. The zero-order chi connectivity index (χ0) is 13.8. The SMILES string of the molecule is CC[C@H](C)[C@H](N)c1nc(Cc2ccccc2F)no1. The van der Waals surface area contributed by atoms with Gasteiger partial charge in [0, 0.05) is 6.42 Å². The van der Waals surface area contributed by atoms with Gasteiger partial charge in [-0.3, -0.25) is 0 Å². The molecule has 0 aliphatic heterocycles. The fourth-order valence-electron chi connectivity index (χ4n) is 1.78. The summed E-state index contributed by atoms with van der Waals surface area (Å²) in [6.07, 6.45) is 1.25. The number of benzene rings is 1. The number of nitrogens with zero attached hydrogens (tertiary/aromatic N) is 2. The first kappa shape index (κ1) is 13.7. The highest BCUT2D eigenvalue weighted by atomic mass is 19.1. The van der Waals surface area contributed by atoms with Gasteiger partial charge in [0.25, 0.3) is 0 Å². The zero-order valence-corrected chi connectivity index (χ0v) is 11.1. The summed E-state index contributed by atoms with van der Waals surface area (Å²) in [5.74, 6) is 0.876. The molecule has 0 aliphatic carbocycles. The zero-order valence-electron chi connectivity index (χ0n) is 11.1. The Morgan fingerprint density at radius 1 is 1.37 bits per heavy atom. The molecule has 2 atom stereocenters. The monoisotopic (exact) mass is 263 g/mol. The maximum Gasteiger partial charge on any atom is 0.243 e. The van der Waals surface area contributed by atoms with E-state index in [-0.39, 0.29) is 17.8 Å². The predicted octanol–water partition coefficient (Wildman–Crippen LogP) is 2.85. The average Bonchev–Trinajstić information content (AvgIpc) is 2.88. The summed E-state index contributed by atoms with van der Waals surface area (Å²) in [5.41, 5.74) is 6.56. The van der Waals surface area contributed by atoms with Crippen LogP contribution in [0.5, 0.6) is 0 Å². The molecule has 0 radical (unpaired) electrons. The van der Waals surface area contributed by atoms with E-state index < -0.39 is 0 Å². The summed E-state index contributed by atoms with van der Waals surface area (Å²) in [7, 11) is 0. The molecule has 2 aromatic rings. The smallest absolute Gasteiger partial charge is 0.243 e.